The fourth-order valence-corrected chi connectivity index (χ4v) is 3.71. The van der Waals surface area contributed by atoms with Gasteiger partial charge in [0, 0.05) is 11.5 Å². The normalized spacial score (nSPS) is 13.8. The van der Waals surface area contributed by atoms with Crippen LogP contribution < -0.4 is 9.47 Å². The lowest BCUT2D eigenvalue weighted by Gasteiger charge is -2.10. The predicted molar refractivity (Wildman–Crippen MR) is 117 cm³/mol. The minimum absolute atomic E-state index is 0.00436. The number of benzene rings is 3. The summed E-state index contributed by atoms with van der Waals surface area (Å²) in [5, 5.41) is 9.42. The molecule has 0 aromatic heterocycles. The topological polar surface area (TPSA) is 72.8 Å². The molecule has 1 aliphatic rings. The van der Waals surface area contributed by atoms with Crippen molar-refractivity contribution in [3.05, 3.63) is 95.1 Å². The molecule has 5 heteroatoms. The number of aliphatic hydroxyl groups is 1. The standard InChI is InChI=1S/C26H22O5/c1-15(2)25(28)30-19-7-5-18(6-8-19)26(29)31-20-9-11-22-21-10-4-17(14-27)12-23(21)16(3)24(22)13-20/h4-13,16,27H,1,14H2,2-3H3. The Morgan fingerprint density at radius 1 is 0.903 bits per heavy atom. The van der Waals surface area contributed by atoms with Gasteiger partial charge in [0.25, 0.3) is 0 Å². The Kier molecular flexibility index (Phi) is 5.44. The Hall–Kier alpha value is -3.70. The quantitative estimate of drug-likeness (QED) is 0.361. The van der Waals surface area contributed by atoms with Gasteiger partial charge in [-0.1, -0.05) is 37.8 Å². The average molecular weight is 414 g/mol. The fraction of sp³-hybridized carbons (Fsp3) is 0.154. The summed E-state index contributed by atoms with van der Waals surface area (Å²) >= 11 is 0. The Bertz CT molecular complexity index is 1190. The molecule has 3 aromatic rings. The molecule has 0 saturated heterocycles. The number of ether oxygens (including phenoxy) is 2. The third kappa shape index (κ3) is 4.00. The van der Waals surface area contributed by atoms with Crippen molar-refractivity contribution in [2.45, 2.75) is 26.4 Å². The van der Waals surface area contributed by atoms with Crippen molar-refractivity contribution in [3.8, 4) is 22.6 Å². The number of aliphatic hydroxyl groups excluding tert-OH is 1. The average Bonchev–Trinajstić information content (AvgIpc) is 3.05. The van der Waals surface area contributed by atoms with Gasteiger partial charge in [-0.3, -0.25) is 0 Å². The van der Waals surface area contributed by atoms with Crippen LogP contribution in [0.25, 0.3) is 11.1 Å². The molecule has 5 nitrogen and oxygen atoms in total. The Morgan fingerprint density at radius 2 is 1.52 bits per heavy atom. The van der Waals surface area contributed by atoms with Crippen LogP contribution in [0.5, 0.6) is 11.5 Å². The molecule has 0 radical (unpaired) electrons. The van der Waals surface area contributed by atoms with E-state index in [-0.39, 0.29) is 12.5 Å². The molecule has 0 heterocycles. The molecule has 0 fully saturated rings. The minimum atomic E-state index is -0.519. The van der Waals surface area contributed by atoms with Gasteiger partial charge in [0.1, 0.15) is 11.5 Å². The van der Waals surface area contributed by atoms with Crippen LogP contribution in [-0.4, -0.2) is 17.0 Å². The summed E-state index contributed by atoms with van der Waals surface area (Å²) in [5.74, 6) is -0.0879. The van der Waals surface area contributed by atoms with Gasteiger partial charge in [-0.15, -0.1) is 0 Å². The minimum Gasteiger partial charge on any atom is -0.423 e. The summed E-state index contributed by atoms with van der Waals surface area (Å²) in [6, 6.07) is 17.8. The van der Waals surface area contributed by atoms with Gasteiger partial charge in [-0.25, -0.2) is 9.59 Å². The molecule has 0 bridgehead atoms. The number of carbonyl (C=O) groups is 2. The molecule has 0 aliphatic heterocycles. The molecule has 31 heavy (non-hydrogen) atoms. The summed E-state index contributed by atoms with van der Waals surface area (Å²) < 4.78 is 10.7. The van der Waals surface area contributed by atoms with E-state index < -0.39 is 11.9 Å². The van der Waals surface area contributed by atoms with Gasteiger partial charge in [0.2, 0.25) is 0 Å². The maximum Gasteiger partial charge on any atom is 0.343 e. The summed E-state index contributed by atoms with van der Waals surface area (Å²) in [7, 11) is 0. The smallest absolute Gasteiger partial charge is 0.343 e. The SMILES string of the molecule is C=C(C)C(=O)Oc1ccc(C(=O)Oc2ccc3c(c2)C(C)c2cc(CO)ccc2-3)cc1. The molecule has 0 amide bonds. The first kappa shape index (κ1) is 20.6. The highest BCUT2D eigenvalue weighted by atomic mass is 16.5. The Labute approximate surface area is 180 Å². The van der Waals surface area contributed by atoms with Crippen LogP contribution in [0.2, 0.25) is 0 Å². The first-order valence-corrected chi connectivity index (χ1v) is 9.95. The second kappa shape index (κ2) is 8.20. The zero-order valence-electron chi connectivity index (χ0n) is 17.3. The van der Waals surface area contributed by atoms with E-state index in [2.05, 4.69) is 13.5 Å². The molecule has 1 aliphatic carbocycles. The molecule has 1 atom stereocenters. The lowest BCUT2D eigenvalue weighted by Crippen LogP contribution is -2.10. The van der Waals surface area contributed by atoms with E-state index in [1.807, 2.05) is 30.3 Å². The Morgan fingerprint density at radius 3 is 2.16 bits per heavy atom. The van der Waals surface area contributed by atoms with Crippen LogP contribution in [0, 0.1) is 0 Å². The third-order valence-electron chi connectivity index (χ3n) is 5.40. The highest BCUT2D eigenvalue weighted by Gasteiger charge is 2.26. The van der Waals surface area contributed by atoms with Gasteiger partial charge in [-0.05, 0) is 71.1 Å². The van der Waals surface area contributed by atoms with Crippen molar-refractivity contribution in [1.29, 1.82) is 0 Å². The maximum atomic E-state index is 12.6. The van der Waals surface area contributed by atoms with Gasteiger partial charge in [0.15, 0.2) is 0 Å². The molecule has 3 aromatic carbocycles. The first-order valence-electron chi connectivity index (χ1n) is 9.95. The van der Waals surface area contributed by atoms with Crippen molar-refractivity contribution >= 4 is 11.9 Å². The van der Waals surface area contributed by atoms with E-state index in [4.69, 9.17) is 9.47 Å². The summed E-state index contributed by atoms with van der Waals surface area (Å²) in [4.78, 5) is 24.2. The molecular weight excluding hydrogens is 392 g/mol. The molecular formula is C26H22O5. The number of hydrogen-bond donors (Lipinski definition) is 1. The van der Waals surface area contributed by atoms with Gasteiger partial charge in [-0.2, -0.15) is 0 Å². The lowest BCUT2D eigenvalue weighted by atomic mass is 9.98. The molecule has 1 unspecified atom stereocenters. The molecule has 1 N–H and O–H groups in total. The first-order chi connectivity index (χ1) is 14.9. The van der Waals surface area contributed by atoms with Crippen LogP contribution in [-0.2, 0) is 11.4 Å². The van der Waals surface area contributed by atoms with Crippen molar-refractivity contribution in [1.82, 2.24) is 0 Å². The van der Waals surface area contributed by atoms with Crippen molar-refractivity contribution in [3.63, 3.8) is 0 Å². The highest BCUT2D eigenvalue weighted by Crippen LogP contribution is 2.46. The van der Waals surface area contributed by atoms with E-state index in [1.54, 1.807) is 25.1 Å². The Balaban J connectivity index is 1.50. The van der Waals surface area contributed by atoms with E-state index in [0.29, 0.717) is 22.6 Å². The van der Waals surface area contributed by atoms with Crippen molar-refractivity contribution < 1.29 is 24.2 Å². The molecule has 0 saturated carbocycles. The number of hydrogen-bond acceptors (Lipinski definition) is 5. The monoisotopic (exact) mass is 414 g/mol. The van der Waals surface area contributed by atoms with Crippen LogP contribution in [0.15, 0.2) is 72.8 Å². The lowest BCUT2D eigenvalue weighted by molar-refractivity contribution is -0.130. The van der Waals surface area contributed by atoms with Crippen molar-refractivity contribution in [2.24, 2.45) is 0 Å². The van der Waals surface area contributed by atoms with E-state index >= 15 is 0 Å². The van der Waals surface area contributed by atoms with Crippen LogP contribution in [0.3, 0.4) is 0 Å². The number of fused-ring (bicyclic) bond motifs is 3. The third-order valence-corrected chi connectivity index (χ3v) is 5.40. The maximum absolute atomic E-state index is 12.6. The summed E-state index contributed by atoms with van der Waals surface area (Å²) in [5.41, 5.74) is 6.00. The van der Waals surface area contributed by atoms with Crippen LogP contribution >= 0.6 is 0 Å². The number of carbonyl (C=O) groups excluding carboxylic acids is 2. The van der Waals surface area contributed by atoms with Crippen molar-refractivity contribution in [2.75, 3.05) is 0 Å². The van der Waals surface area contributed by atoms with Crippen LogP contribution in [0.1, 0.15) is 46.8 Å². The molecule has 156 valence electrons. The van der Waals surface area contributed by atoms with E-state index in [1.165, 1.54) is 12.1 Å². The second-order valence-electron chi connectivity index (χ2n) is 7.63. The summed E-state index contributed by atoms with van der Waals surface area (Å²) in [6.45, 7) is 7.20. The van der Waals surface area contributed by atoms with Gasteiger partial charge < -0.3 is 14.6 Å². The summed E-state index contributed by atoms with van der Waals surface area (Å²) in [6.07, 6.45) is 0. The zero-order chi connectivity index (χ0) is 22.1. The number of esters is 2. The molecule has 0 spiro atoms. The number of rotatable bonds is 5. The van der Waals surface area contributed by atoms with Gasteiger partial charge >= 0.3 is 11.9 Å². The largest absolute Gasteiger partial charge is 0.423 e. The highest BCUT2D eigenvalue weighted by molar-refractivity contribution is 5.92. The molecule has 4 rings (SSSR count). The van der Waals surface area contributed by atoms with Gasteiger partial charge in [0.05, 0.1) is 12.2 Å². The van der Waals surface area contributed by atoms with E-state index in [9.17, 15) is 14.7 Å². The second-order valence-corrected chi connectivity index (χ2v) is 7.63. The fourth-order valence-electron chi connectivity index (χ4n) is 3.71. The van der Waals surface area contributed by atoms with E-state index in [0.717, 1.165) is 27.8 Å². The predicted octanol–water partition coefficient (Wildman–Crippen LogP) is 5.01. The zero-order valence-corrected chi connectivity index (χ0v) is 17.3. The van der Waals surface area contributed by atoms with Crippen LogP contribution in [0.4, 0.5) is 0 Å².